The van der Waals surface area contributed by atoms with Crippen LogP contribution in [-0.4, -0.2) is 26.1 Å². The van der Waals surface area contributed by atoms with Crippen LogP contribution in [0.5, 0.6) is 0 Å². The molecule has 0 spiro atoms. The fraction of sp³-hybridized carbons (Fsp3) is 0.200. The molecule has 3 aromatic rings. The molecule has 0 saturated carbocycles. The van der Waals surface area contributed by atoms with Gasteiger partial charge >= 0.3 is 0 Å². The Bertz CT molecular complexity index is 1160. The molecule has 0 unspecified atom stereocenters. The molecule has 1 aliphatic heterocycles. The van der Waals surface area contributed by atoms with E-state index in [0.717, 1.165) is 11.1 Å². The van der Waals surface area contributed by atoms with Gasteiger partial charge in [-0.1, -0.05) is 38.7 Å². The van der Waals surface area contributed by atoms with Gasteiger partial charge in [0.05, 0.1) is 5.57 Å². The standard InChI is InChI=1S/C20H18BrFN6O/c1-10-4-7-16(11(2)8-10)24-19(29)17-12(3)23-20-25-26-27-28(20)18(17)14-9-13(21)5-6-15(14)22/h4-9,18H,1-3H3,(H,24,29)(H,23,25,27)/t18-/m0/s1. The summed E-state index contributed by atoms with van der Waals surface area (Å²) >= 11 is 3.38. The monoisotopic (exact) mass is 456 g/mol. The van der Waals surface area contributed by atoms with E-state index in [-0.39, 0.29) is 5.91 Å². The van der Waals surface area contributed by atoms with Crippen molar-refractivity contribution in [3.05, 3.63) is 74.6 Å². The van der Waals surface area contributed by atoms with E-state index in [9.17, 15) is 9.18 Å². The summed E-state index contributed by atoms with van der Waals surface area (Å²) < 4.78 is 16.9. The van der Waals surface area contributed by atoms with Crippen LogP contribution in [0, 0.1) is 19.7 Å². The predicted molar refractivity (Wildman–Crippen MR) is 111 cm³/mol. The number of hydrogen-bond donors (Lipinski definition) is 2. The molecule has 1 aromatic heterocycles. The number of fused-ring (bicyclic) bond motifs is 1. The molecule has 7 nitrogen and oxygen atoms in total. The molecule has 1 atom stereocenters. The molecule has 29 heavy (non-hydrogen) atoms. The van der Waals surface area contributed by atoms with Gasteiger partial charge in [-0.2, -0.15) is 4.68 Å². The van der Waals surface area contributed by atoms with Crippen LogP contribution in [0.2, 0.25) is 0 Å². The molecule has 148 valence electrons. The van der Waals surface area contributed by atoms with Gasteiger partial charge in [-0.25, -0.2) is 4.39 Å². The molecule has 2 N–H and O–H groups in total. The molecule has 2 heterocycles. The summed E-state index contributed by atoms with van der Waals surface area (Å²) in [5.74, 6) is -0.464. The number of carbonyl (C=O) groups excluding carboxylic acids is 1. The largest absolute Gasteiger partial charge is 0.326 e. The Balaban J connectivity index is 1.81. The van der Waals surface area contributed by atoms with Crippen molar-refractivity contribution in [1.29, 1.82) is 0 Å². The number of nitrogens with zero attached hydrogens (tertiary/aromatic N) is 4. The first kappa shape index (κ1) is 19.3. The molecular formula is C20H18BrFN6O. The minimum atomic E-state index is -0.815. The number of carbonyl (C=O) groups is 1. The second-order valence-electron chi connectivity index (χ2n) is 6.95. The van der Waals surface area contributed by atoms with Crippen LogP contribution in [0.3, 0.4) is 0 Å². The third-order valence-corrected chi connectivity index (χ3v) is 5.33. The highest BCUT2D eigenvalue weighted by molar-refractivity contribution is 9.10. The zero-order valence-corrected chi connectivity index (χ0v) is 17.6. The van der Waals surface area contributed by atoms with Crippen LogP contribution in [-0.2, 0) is 4.79 Å². The van der Waals surface area contributed by atoms with Crippen molar-refractivity contribution in [1.82, 2.24) is 20.2 Å². The van der Waals surface area contributed by atoms with E-state index in [0.29, 0.717) is 32.9 Å². The maximum Gasteiger partial charge on any atom is 0.255 e. The van der Waals surface area contributed by atoms with Crippen LogP contribution in [0.15, 0.2) is 52.1 Å². The van der Waals surface area contributed by atoms with Crippen LogP contribution in [0.4, 0.5) is 16.0 Å². The molecule has 9 heteroatoms. The van der Waals surface area contributed by atoms with E-state index in [1.54, 1.807) is 19.1 Å². The Labute approximate surface area is 175 Å². The first-order valence-electron chi connectivity index (χ1n) is 8.94. The van der Waals surface area contributed by atoms with E-state index < -0.39 is 11.9 Å². The van der Waals surface area contributed by atoms with Crippen LogP contribution >= 0.6 is 15.9 Å². The van der Waals surface area contributed by atoms with Gasteiger partial charge in [0.2, 0.25) is 5.95 Å². The van der Waals surface area contributed by atoms with Gasteiger partial charge in [0.1, 0.15) is 11.9 Å². The highest BCUT2D eigenvalue weighted by atomic mass is 79.9. The Kier molecular flexibility index (Phi) is 4.91. The normalized spacial score (nSPS) is 15.7. The molecule has 2 aromatic carbocycles. The maximum atomic E-state index is 14.8. The highest BCUT2D eigenvalue weighted by Gasteiger charge is 2.35. The number of anilines is 2. The lowest BCUT2D eigenvalue weighted by Gasteiger charge is -2.28. The van der Waals surface area contributed by atoms with Gasteiger partial charge in [-0.05, 0) is 61.0 Å². The van der Waals surface area contributed by atoms with E-state index in [2.05, 4.69) is 42.1 Å². The van der Waals surface area contributed by atoms with Crippen LogP contribution in [0.25, 0.3) is 0 Å². The topological polar surface area (TPSA) is 84.7 Å². The Morgan fingerprint density at radius 2 is 2.00 bits per heavy atom. The average Bonchev–Trinajstić information content (AvgIpc) is 3.13. The lowest BCUT2D eigenvalue weighted by Crippen LogP contribution is -2.32. The SMILES string of the molecule is CC1=C(C(=O)Nc2ccc(C)cc2C)[C@H](c2cc(Br)ccc2F)n2nnnc2N1. The highest BCUT2D eigenvalue weighted by Crippen LogP contribution is 2.37. The second kappa shape index (κ2) is 7.40. The smallest absolute Gasteiger partial charge is 0.255 e. The summed E-state index contributed by atoms with van der Waals surface area (Å²) in [5.41, 5.74) is 3.91. The van der Waals surface area contributed by atoms with E-state index in [1.165, 1.54) is 10.7 Å². The van der Waals surface area contributed by atoms with E-state index >= 15 is 0 Å². The van der Waals surface area contributed by atoms with Crippen molar-refractivity contribution in [2.45, 2.75) is 26.8 Å². The second-order valence-corrected chi connectivity index (χ2v) is 7.87. The Hall–Kier alpha value is -3.07. The Morgan fingerprint density at radius 3 is 2.76 bits per heavy atom. The van der Waals surface area contributed by atoms with Gasteiger partial charge in [0, 0.05) is 21.4 Å². The fourth-order valence-electron chi connectivity index (χ4n) is 3.46. The third kappa shape index (κ3) is 3.53. The average molecular weight is 457 g/mol. The van der Waals surface area contributed by atoms with E-state index in [1.807, 2.05) is 32.0 Å². The molecule has 4 rings (SSSR count). The minimum Gasteiger partial charge on any atom is -0.326 e. The number of hydrogen-bond acceptors (Lipinski definition) is 5. The van der Waals surface area contributed by atoms with E-state index in [4.69, 9.17) is 0 Å². The number of aromatic nitrogens is 4. The van der Waals surface area contributed by atoms with Crippen LogP contribution in [0.1, 0.15) is 29.7 Å². The summed E-state index contributed by atoms with van der Waals surface area (Å²) in [6.45, 7) is 5.66. The summed E-state index contributed by atoms with van der Waals surface area (Å²) in [5, 5.41) is 17.6. The van der Waals surface area contributed by atoms with Gasteiger partial charge in [0.15, 0.2) is 0 Å². The van der Waals surface area contributed by atoms with Gasteiger partial charge in [-0.3, -0.25) is 4.79 Å². The van der Waals surface area contributed by atoms with Crippen molar-refractivity contribution in [3.63, 3.8) is 0 Å². The van der Waals surface area contributed by atoms with Gasteiger partial charge in [-0.15, -0.1) is 0 Å². The number of benzene rings is 2. The molecule has 0 aliphatic carbocycles. The summed E-state index contributed by atoms with van der Waals surface area (Å²) in [4.78, 5) is 13.3. The van der Waals surface area contributed by atoms with Crippen LogP contribution < -0.4 is 10.6 Å². The van der Waals surface area contributed by atoms with Gasteiger partial charge in [0.25, 0.3) is 5.91 Å². The molecule has 1 aliphatic rings. The third-order valence-electron chi connectivity index (χ3n) is 4.84. The zero-order valence-electron chi connectivity index (χ0n) is 16.0. The number of aryl methyl sites for hydroxylation is 2. The van der Waals surface area contributed by atoms with Gasteiger partial charge < -0.3 is 10.6 Å². The maximum absolute atomic E-state index is 14.8. The van der Waals surface area contributed by atoms with Crippen molar-refractivity contribution < 1.29 is 9.18 Å². The Morgan fingerprint density at radius 1 is 1.21 bits per heavy atom. The minimum absolute atomic E-state index is 0.291. The zero-order chi connectivity index (χ0) is 20.7. The number of amides is 1. The number of allylic oxidation sites excluding steroid dienone is 1. The van der Waals surface area contributed by atoms with Crippen molar-refractivity contribution in [2.75, 3.05) is 10.6 Å². The molecule has 0 radical (unpaired) electrons. The molecule has 0 saturated heterocycles. The number of nitrogens with one attached hydrogen (secondary N) is 2. The van der Waals surface area contributed by atoms with Crippen molar-refractivity contribution >= 4 is 33.5 Å². The lowest BCUT2D eigenvalue weighted by atomic mass is 9.94. The molecule has 0 fully saturated rings. The fourth-order valence-corrected chi connectivity index (χ4v) is 3.84. The first-order chi connectivity index (χ1) is 13.8. The summed E-state index contributed by atoms with van der Waals surface area (Å²) in [7, 11) is 0. The molecule has 0 bridgehead atoms. The number of rotatable bonds is 3. The number of halogens is 2. The molecule has 1 amide bonds. The lowest BCUT2D eigenvalue weighted by molar-refractivity contribution is -0.113. The first-order valence-corrected chi connectivity index (χ1v) is 9.73. The summed E-state index contributed by atoms with van der Waals surface area (Å²) in [6, 6.07) is 9.53. The van der Waals surface area contributed by atoms with Crippen molar-refractivity contribution in [3.8, 4) is 0 Å². The predicted octanol–water partition coefficient (Wildman–Crippen LogP) is 4.12. The van der Waals surface area contributed by atoms with Crippen molar-refractivity contribution in [2.24, 2.45) is 0 Å². The quantitative estimate of drug-likeness (QED) is 0.618. The number of tetrazole rings is 1. The summed E-state index contributed by atoms with van der Waals surface area (Å²) in [6.07, 6.45) is 0. The molecular weight excluding hydrogens is 439 g/mol.